The summed E-state index contributed by atoms with van der Waals surface area (Å²) in [6.45, 7) is 1.34. The Morgan fingerprint density at radius 2 is 2.07 bits per heavy atom. The van der Waals surface area contributed by atoms with Gasteiger partial charge in [0, 0.05) is 12.6 Å². The quantitative estimate of drug-likeness (QED) is 0.736. The van der Waals surface area contributed by atoms with Crippen molar-refractivity contribution in [2.75, 3.05) is 6.54 Å². The van der Waals surface area contributed by atoms with E-state index in [0.717, 1.165) is 12.8 Å². The number of carbonyl (C=O) groups excluding carboxylic acids is 1. The lowest BCUT2D eigenvalue weighted by Gasteiger charge is -2.14. The molecule has 0 radical (unpaired) electrons. The van der Waals surface area contributed by atoms with E-state index in [4.69, 9.17) is 0 Å². The van der Waals surface area contributed by atoms with Crippen LogP contribution in [0.5, 0.6) is 0 Å². The summed E-state index contributed by atoms with van der Waals surface area (Å²) in [5, 5.41) is 5.26. The highest BCUT2D eigenvalue weighted by Crippen LogP contribution is 2.19. The summed E-state index contributed by atoms with van der Waals surface area (Å²) >= 11 is 0. The van der Waals surface area contributed by atoms with Gasteiger partial charge in [-0.25, -0.2) is 0 Å². The van der Waals surface area contributed by atoms with Crippen LogP contribution in [0.2, 0.25) is 0 Å². The Balaban J connectivity index is 2.11. The molecule has 15 heavy (non-hydrogen) atoms. The molecule has 1 rings (SSSR count). The fourth-order valence-electron chi connectivity index (χ4n) is 1.08. The van der Waals surface area contributed by atoms with Gasteiger partial charge in [0.15, 0.2) is 0 Å². The molecule has 0 aromatic rings. The molecule has 1 unspecified atom stereocenters. The molecular formula is C9H15F3N2O. The molecule has 0 aromatic heterocycles. The van der Waals surface area contributed by atoms with Crippen molar-refractivity contribution >= 4 is 5.91 Å². The van der Waals surface area contributed by atoms with E-state index in [0.29, 0.717) is 0 Å². The van der Waals surface area contributed by atoms with Gasteiger partial charge >= 0.3 is 6.18 Å². The van der Waals surface area contributed by atoms with Gasteiger partial charge in [0.1, 0.15) is 0 Å². The number of carbonyl (C=O) groups is 1. The number of nitrogens with one attached hydrogen (secondary N) is 2. The van der Waals surface area contributed by atoms with Crippen molar-refractivity contribution < 1.29 is 18.0 Å². The van der Waals surface area contributed by atoms with Crippen LogP contribution in [-0.4, -0.2) is 30.7 Å². The highest BCUT2D eigenvalue weighted by atomic mass is 19.4. The third-order valence-corrected chi connectivity index (χ3v) is 2.18. The number of hydrogen-bond acceptors (Lipinski definition) is 2. The lowest BCUT2D eigenvalue weighted by molar-refractivity contribution is -0.135. The number of rotatable bonds is 5. The monoisotopic (exact) mass is 224 g/mol. The van der Waals surface area contributed by atoms with E-state index in [9.17, 15) is 18.0 Å². The summed E-state index contributed by atoms with van der Waals surface area (Å²) in [6, 6.07) is -0.322. The fourth-order valence-corrected chi connectivity index (χ4v) is 1.08. The van der Waals surface area contributed by atoms with Crippen molar-refractivity contribution in [1.29, 1.82) is 0 Å². The van der Waals surface area contributed by atoms with E-state index in [1.807, 2.05) is 0 Å². The van der Waals surface area contributed by atoms with Crippen LogP contribution in [0, 0.1) is 0 Å². The Labute approximate surface area is 86.4 Å². The average molecular weight is 224 g/mol. The highest BCUT2D eigenvalue weighted by Gasteiger charge is 2.28. The Hall–Kier alpha value is -0.780. The van der Waals surface area contributed by atoms with Gasteiger partial charge in [-0.1, -0.05) is 0 Å². The van der Waals surface area contributed by atoms with Crippen molar-refractivity contribution in [3.63, 3.8) is 0 Å². The van der Waals surface area contributed by atoms with Crippen LogP contribution in [0.1, 0.15) is 26.2 Å². The minimum absolute atomic E-state index is 0.219. The molecule has 1 saturated carbocycles. The topological polar surface area (TPSA) is 41.1 Å². The zero-order valence-electron chi connectivity index (χ0n) is 8.53. The molecule has 0 saturated heterocycles. The molecule has 1 aliphatic rings. The van der Waals surface area contributed by atoms with Crippen LogP contribution in [0.4, 0.5) is 13.2 Å². The summed E-state index contributed by atoms with van der Waals surface area (Å²) in [7, 11) is 0. The van der Waals surface area contributed by atoms with Gasteiger partial charge in [-0.15, -0.1) is 0 Å². The highest BCUT2D eigenvalue weighted by molar-refractivity contribution is 5.81. The van der Waals surface area contributed by atoms with E-state index in [-0.39, 0.29) is 18.5 Å². The Morgan fingerprint density at radius 1 is 1.47 bits per heavy atom. The zero-order chi connectivity index (χ0) is 11.5. The standard InChI is InChI=1S/C9H15F3N2O/c1-6(8(15)14-7-2-3-7)13-5-4-9(10,11)12/h6-7,13H,2-5H2,1H3,(H,14,15). The largest absolute Gasteiger partial charge is 0.390 e. The molecule has 0 aromatic carbocycles. The number of amides is 1. The van der Waals surface area contributed by atoms with E-state index in [1.165, 1.54) is 0 Å². The van der Waals surface area contributed by atoms with E-state index < -0.39 is 18.6 Å². The van der Waals surface area contributed by atoms with E-state index in [1.54, 1.807) is 6.92 Å². The molecule has 2 N–H and O–H groups in total. The maximum absolute atomic E-state index is 11.8. The van der Waals surface area contributed by atoms with Crippen molar-refractivity contribution in [2.45, 2.75) is 44.4 Å². The van der Waals surface area contributed by atoms with Crippen LogP contribution in [-0.2, 0) is 4.79 Å². The maximum Gasteiger partial charge on any atom is 0.390 e. The lowest BCUT2D eigenvalue weighted by Crippen LogP contribution is -2.43. The van der Waals surface area contributed by atoms with Gasteiger partial charge in [0.2, 0.25) is 5.91 Å². The summed E-state index contributed by atoms with van der Waals surface area (Å²) in [5.41, 5.74) is 0. The first-order valence-corrected chi connectivity index (χ1v) is 4.99. The average Bonchev–Trinajstić information content (AvgIpc) is 2.85. The van der Waals surface area contributed by atoms with Crippen molar-refractivity contribution in [1.82, 2.24) is 10.6 Å². The third-order valence-electron chi connectivity index (χ3n) is 2.18. The van der Waals surface area contributed by atoms with Crippen LogP contribution < -0.4 is 10.6 Å². The van der Waals surface area contributed by atoms with Crippen LogP contribution in [0.25, 0.3) is 0 Å². The van der Waals surface area contributed by atoms with Gasteiger partial charge in [-0.3, -0.25) is 4.79 Å². The second kappa shape index (κ2) is 4.83. The van der Waals surface area contributed by atoms with Crippen molar-refractivity contribution in [3.8, 4) is 0 Å². The molecule has 1 aliphatic carbocycles. The molecule has 0 bridgehead atoms. The van der Waals surface area contributed by atoms with Crippen LogP contribution >= 0.6 is 0 Å². The summed E-state index contributed by atoms with van der Waals surface area (Å²) in [6.07, 6.45) is -3.13. The molecule has 88 valence electrons. The van der Waals surface area contributed by atoms with Crippen LogP contribution in [0.15, 0.2) is 0 Å². The molecular weight excluding hydrogens is 209 g/mol. The smallest absolute Gasteiger partial charge is 0.352 e. The lowest BCUT2D eigenvalue weighted by atomic mass is 10.3. The first-order chi connectivity index (χ1) is 6.88. The predicted octanol–water partition coefficient (Wildman–Crippen LogP) is 1.20. The maximum atomic E-state index is 11.8. The normalized spacial score (nSPS) is 18.7. The van der Waals surface area contributed by atoms with Gasteiger partial charge in [-0.2, -0.15) is 13.2 Å². The first-order valence-electron chi connectivity index (χ1n) is 4.99. The Kier molecular flexibility index (Phi) is 3.96. The van der Waals surface area contributed by atoms with E-state index >= 15 is 0 Å². The van der Waals surface area contributed by atoms with Gasteiger partial charge in [0.05, 0.1) is 12.5 Å². The Bertz CT molecular complexity index is 226. The predicted molar refractivity (Wildman–Crippen MR) is 49.3 cm³/mol. The Morgan fingerprint density at radius 3 is 2.53 bits per heavy atom. The minimum Gasteiger partial charge on any atom is -0.352 e. The molecule has 0 aliphatic heterocycles. The second-order valence-corrected chi connectivity index (χ2v) is 3.82. The third kappa shape index (κ3) is 5.61. The SMILES string of the molecule is CC(NCCC(F)(F)F)C(=O)NC1CC1. The van der Waals surface area contributed by atoms with Gasteiger partial charge in [0.25, 0.3) is 0 Å². The van der Waals surface area contributed by atoms with Crippen LogP contribution in [0.3, 0.4) is 0 Å². The molecule has 0 spiro atoms. The molecule has 6 heteroatoms. The van der Waals surface area contributed by atoms with Gasteiger partial charge < -0.3 is 10.6 Å². The fraction of sp³-hybridized carbons (Fsp3) is 0.889. The summed E-state index contributed by atoms with van der Waals surface area (Å²) in [4.78, 5) is 11.3. The molecule has 1 amide bonds. The van der Waals surface area contributed by atoms with Crippen molar-refractivity contribution in [3.05, 3.63) is 0 Å². The zero-order valence-corrected chi connectivity index (χ0v) is 8.53. The van der Waals surface area contributed by atoms with Gasteiger partial charge in [-0.05, 0) is 19.8 Å². The number of halogens is 3. The van der Waals surface area contributed by atoms with Crippen molar-refractivity contribution in [2.24, 2.45) is 0 Å². The number of alkyl halides is 3. The minimum atomic E-state index is -4.17. The summed E-state index contributed by atoms with van der Waals surface area (Å²) in [5.74, 6) is -0.223. The summed E-state index contributed by atoms with van der Waals surface area (Å²) < 4.78 is 35.4. The molecule has 3 nitrogen and oxygen atoms in total. The van der Waals surface area contributed by atoms with E-state index in [2.05, 4.69) is 10.6 Å². The first kappa shape index (κ1) is 12.3. The second-order valence-electron chi connectivity index (χ2n) is 3.82. The molecule has 1 atom stereocenters. The molecule has 1 fully saturated rings. The number of hydrogen-bond donors (Lipinski definition) is 2. The molecule has 0 heterocycles.